The monoisotopic (exact) mass is 432 g/mol. The first-order valence-corrected chi connectivity index (χ1v) is 10.5. The van der Waals surface area contributed by atoms with Crippen molar-refractivity contribution in [1.29, 1.82) is 0 Å². The molecule has 0 aliphatic carbocycles. The molecule has 6 nitrogen and oxygen atoms in total. The van der Waals surface area contributed by atoms with Gasteiger partial charge in [-0.1, -0.05) is 96.2 Å². The summed E-state index contributed by atoms with van der Waals surface area (Å²) in [7, 11) is 0. The minimum Gasteiger partial charge on any atom is -0.479 e. The second-order valence-corrected chi connectivity index (χ2v) is 7.67. The van der Waals surface area contributed by atoms with Crippen LogP contribution in [0.2, 0.25) is 0 Å². The summed E-state index contributed by atoms with van der Waals surface area (Å²) < 4.78 is 0. The molecular formula is C26H28N2O4. The summed E-state index contributed by atoms with van der Waals surface area (Å²) in [6.07, 6.45) is 1.07. The predicted octanol–water partition coefficient (Wildman–Crippen LogP) is 3.75. The molecule has 0 bridgehead atoms. The van der Waals surface area contributed by atoms with E-state index in [0.29, 0.717) is 5.56 Å². The van der Waals surface area contributed by atoms with Gasteiger partial charge in [-0.2, -0.15) is 0 Å². The van der Waals surface area contributed by atoms with Gasteiger partial charge in [0.15, 0.2) is 6.10 Å². The lowest BCUT2D eigenvalue weighted by atomic mass is 9.97. The van der Waals surface area contributed by atoms with E-state index >= 15 is 0 Å². The highest BCUT2D eigenvalue weighted by molar-refractivity contribution is 5.87. The average Bonchev–Trinajstić information content (AvgIpc) is 3.29. The number of hydrogen-bond acceptors (Lipinski definition) is 5. The van der Waals surface area contributed by atoms with E-state index in [1.807, 2.05) is 36.4 Å². The average molecular weight is 433 g/mol. The lowest BCUT2D eigenvalue weighted by Gasteiger charge is -2.17. The molecule has 4 N–H and O–H groups in total. The van der Waals surface area contributed by atoms with Gasteiger partial charge in [0.1, 0.15) is 6.10 Å². The number of carboxylic acid groups (broad SMARTS) is 1. The van der Waals surface area contributed by atoms with E-state index in [1.54, 1.807) is 30.3 Å². The smallest absolute Gasteiger partial charge is 0.337 e. The molecule has 3 aromatic carbocycles. The first-order chi connectivity index (χ1) is 15.5. The number of aliphatic hydroxyl groups is 1. The number of benzene rings is 3. The predicted molar refractivity (Wildman–Crippen MR) is 124 cm³/mol. The van der Waals surface area contributed by atoms with Gasteiger partial charge in [-0.05, 0) is 23.1 Å². The number of nitrogens with zero attached hydrogens (tertiary/aromatic N) is 1. The van der Waals surface area contributed by atoms with Crippen molar-refractivity contribution in [2.24, 2.45) is 10.9 Å². The van der Waals surface area contributed by atoms with Crippen LogP contribution in [-0.4, -0.2) is 34.0 Å². The van der Waals surface area contributed by atoms with Crippen molar-refractivity contribution in [2.45, 2.75) is 37.5 Å². The van der Waals surface area contributed by atoms with Crippen LogP contribution in [0.3, 0.4) is 0 Å². The summed E-state index contributed by atoms with van der Waals surface area (Å²) in [6.45, 7) is 0. The standard InChI is InChI=1S/C18H20N2O.C8H8O3/c19-17(12-15-9-5-2-6-10-15)18-13-16(20-21-18)11-14-7-3-1-4-8-14;9-7(8(10)11)6-4-2-1-3-5-6/h1-10,17-18H,11-13,19H2;1-5,7,9H,(H,10,11)/t;7-/m.0/s1. The van der Waals surface area contributed by atoms with Gasteiger partial charge in [-0.15, -0.1) is 0 Å². The molecule has 6 heteroatoms. The topological polar surface area (TPSA) is 105 Å². The number of nitrogens with two attached hydrogens (primary N) is 1. The van der Waals surface area contributed by atoms with E-state index in [0.717, 1.165) is 25.0 Å². The van der Waals surface area contributed by atoms with Crippen LogP contribution in [0.5, 0.6) is 0 Å². The Morgan fingerprint density at radius 1 is 0.938 bits per heavy atom. The summed E-state index contributed by atoms with van der Waals surface area (Å²) in [4.78, 5) is 15.8. The molecule has 0 spiro atoms. The lowest BCUT2D eigenvalue weighted by molar-refractivity contribution is -0.146. The molecular weight excluding hydrogens is 404 g/mol. The normalized spacial score (nSPS) is 16.7. The van der Waals surface area contributed by atoms with Gasteiger partial charge >= 0.3 is 5.97 Å². The van der Waals surface area contributed by atoms with E-state index in [4.69, 9.17) is 20.8 Å². The fourth-order valence-corrected chi connectivity index (χ4v) is 3.41. The van der Waals surface area contributed by atoms with Crippen molar-refractivity contribution >= 4 is 11.7 Å². The maximum atomic E-state index is 10.2. The van der Waals surface area contributed by atoms with E-state index < -0.39 is 12.1 Å². The number of aliphatic hydroxyl groups excluding tert-OH is 1. The third-order valence-corrected chi connectivity index (χ3v) is 5.15. The molecule has 3 atom stereocenters. The molecule has 2 unspecified atom stereocenters. The number of oxime groups is 1. The van der Waals surface area contributed by atoms with Crippen LogP contribution < -0.4 is 5.73 Å². The van der Waals surface area contributed by atoms with Gasteiger partial charge in [0.25, 0.3) is 0 Å². The van der Waals surface area contributed by atoms with Crippen molar-refractivity contribution in [3.05, 3.63) is 108 Å². The van der Waals surface area contributed by atoms with Crippen LogP contribution in [0, 0.1) is 0 Å². The fraction of sp³-hybridized carbons (Fsp3) is 0.231. The molecule has 1 heterocycles. The number of carbonyl (C=O) groups is 1. The Hall–Kier alpha value is -3.48. The van der Waals surface area contributed by atoms with E-state index in [2.05, 4.69) is 29.4 Å². The Morgan fingerprint density at radius 2 is 1.47 bits per heavy atom. The molecule has 4 rings (SSSR count). The molecule has 166 valence electrons. The molecule has 0 amide bonds. The van der Waals surface area contributed by atoms with Crippen molar-refractivity contribution in [3.8, 4) is 0 Å². The highest BCUT2D eigenvalue weighted by atomic mass is 16.6. The minimum absolute atomic E-state index is 0.0103. The third kappa shape index (κ3) is 7.04. The van der Waals surface area contributed by atoms with Crippen molar-refractivity contribution in [2.75, 3.05) is 0 Å². The Bertz CT molecular complexity index is 994. The summed E-state index contributed by atoms with van der Waals surface area (Å²) in [5, 5.41) is 21.6. The van der Waals surface area contributed by atoms with E-state index in [-0.39, 0.29) is 12.1 Å². The highest BCUT2D eigenvalue weighted by Crippen LogP contribution is 2.18. The summed E-state index contributed by atoms with van der Waals surface area (Å²) in [5.74, 6) is -1.23. The van der Waals surface area contributed by atoms with Crippen LogP contribution in [0.1, 0.15) is 29.2 Å². The third-order valence-electron chi connectivity index (χ3n) is 5.15. The first-order valence-electron chi connectivity index (χ1n) is 10.5. The maximum Gasteiger partial charge on any atom is 0.337 e. The molecule has 1 aliphatic rings. The summed E-state index contributed by atoms with van der Waals surface area (Å²) in [6, 6.07) is 28.9. The van der Waals surface area contributed by atoms with Crippen molar-refractivity contribution in [1.82, 2.24) is 0 Å². The quantitative estimate of drug-likeness (QED) is 0.527. The molecule has 0 fully saturated rings. The minimum atomic E-state index is -1.41. The van der Waals surface area contributed by atoms with Crippen LogP contribution in [0.15, 0.2) is 96.2 Å². The maximum absolute atomic E-state index is 10.2. The number of hydrogen-bond donors (Lipinski definition) is 3. The van der Waals surface area contributed by atoms with Crippen molar-refractivity contribution < 1.29 is 19.8 Å². The molecule has 0 saturated heterocycles. The molecule has 32 heavy (non-hydrogen) atoms. The summed E-state index contributed by atoms with van der Waals surface area (Å²) in [5.41, 5.74) is 10.3. The van der Waals surface area contributed by atoms with Gasteiger partial charge in [-0.3, -0.25) is 0 Å². The van der Waals surface area contributed by atoms with Gasteiger partial charge in [0.05, 0.1) is 5.71 Å². The SMILES string of the molecule is NC(Cc1ccccc1)C1CC(Cc2ccccc2)=NO1.O=C(O)[C@@H](O)c1ccccc1. The summed E-state index contributed by atoms with van der Waals surface area (Å²) >= 11 is 0. The molecule has 3 aromatic rings. The molecule has 0 aromatic heterocycles. The second kappa shape index (κ2) is 11.8. The van der Waals surface area contributed by atoms with Crippen LogP contribution in [0.4, 0.5) is 0 Å². The fourth-order valence-electron chi connectivity index (χ4n) is 3.41. The molecule has 0 radical (unpaired) electrons. The largest absolute Gasteiger partial charge is 0.479 e. The Labute approximate surface area is 188 Å². The van der Waals surface area contributed by atoms with Crippen LogP contribution in [-0.2, 0) is 22.5 Å². The van der Waals surface area contributed by atoms with E-state index in [9.17, 15) is 4.79 Å². The molecule has 0 saturated carbocycles. The van der Waals surface area contributed by atoms with Crippen molar-refractivity contribution in [3.63, 3.8) is 0 Å². The number of carboxylic acids is 1. The van der Waals surface area contributed by atoms with Crippen LogP contribution >= 0.6 is 0 Å². The number of aliphatic carboxylic acids is 1. The second-order valence-electron chi connectivity index (χ2n) is 7.67. The zero-order valence-electron chi connectivity index (χ0n) is 17.7. The highest BCUT2D eigenvalue weighted by Gasteiger charge is 2.27. The van der Waals surface area contributed by atoms with Gasteiger partial charge < -0.3 is 20.8 Å². The Morgan fingerprint density at radius 3 is 2.03 bits per heavy atom. The number of rotatable bonds is 7. The Balaban J connectivity index is 0.000000222. The van der Waals surface area contributed by atoms with Gasteiger partial charge in [0.2, 0.25) is 0 Å². The lowest BCUT2D eigenvalue weighted by Crippen LogP contribution is -2.36. The zero-order chi connectivity index (χ0) is 22.8. The van der Waals surface area contributed by atoms with Crippen LogP contribution in [0.25, 0.3) is 0 Å². The Kier molecular flexibility index (Phi) is 8.54. The molecule has 1 aliphatic heterocycles. The first kappa shape index (κ1) is 23.2. The van der Waals surface area contributed by atoms with Gasteiger partial charge in [0, 0.05) is 18.9 Å². The zero-order valence-corrected chi connectivity index (χ0v) is 17.7. The van der Waals surface area contributed by atoms with Gasteiger partial charge in [-0.25, -0.2) is 4.79 Å². The van der Waals surface area contributed by atoms with E-state index in [1.165, 1.54) is 11.1 Å².